The van der Waals surface area contributed by atoms with Crippen molar-refractivity contribution in [2.45, 2.75) is 38.8 Å². The molecule has 13 heavy (non-hydrogen) atoms. The molecule has 0 fully saturated rings. The van der Waals surface area contributed by atoms with Crippen molar-refractivity contribution in [2.75, 3.05) is 0 Å². The molecule has 3 N–H and O–H groups in total. The lowest BCUT2D eigenvalue weighted by Gasteiger charge is -2.14. The second-order valence-corrected chi connectivity index (χ2v) is 3.71. The van der Waals surface area contributed by atoms with Gasteiger partial charge in [0.1, 0.15) is 0 Å². The Balaban J connectivity index is 2.37. The van der Waals surface area contributed by atoms with Crippen LogP contribution < -0.4 is 11.1 Å². The largest absolute Gasteiger partial charge is 0.353 e. The molecular formula is C10H18N2O. The molecule has 0 radical (unpaired) electrons. The first-order valence-electron chi connectivity index (χ1n) is 4.87. The zero-order chi connectivity index (χ0) is 9.84. The maximum absolute atomic E-state index is 11.5. The van der Waals surface area contributed by atoms with Crippen LogP contribution in [0.25, 0.3) is 0 Å². The third kappa shape index (κ3) is 2.84. The van der Waals surface area contributed by atoms with Crippen LogP contribution in [0.15, 0.2) is 12.2 Å². The summed E-state index contributed by atoms with van der Waals surface area (Å²) in [4.78, 5) is 11.5. The van der Waals surface area contributed by atoms with Gasteiger partial charge >= 0.3 is 0 Å². The summed E-state index contributed by atoms with van der Waals surface area (Å²) in [6.07, 6.45) is 5.53. The van der Waals surface area contributed by atoms with Gasteiger partial charge in [-0.25, -0.2) is 0 Å². The van der Waals surface area contributed by atoms with Gasteiger partial charge in [0.15, 0.2) is 0 Å². The fourth-order valence-corrected chi connectivity index (χ4v) is 1.37. The Morgan fingerprint density at radius 2 is 2.38 bits per heavy atom. The average molecular weight is 182 g/mol. The van der Waals surface area contributed by atoms with E-state index in [4.69, 9.17) is 5.73 Å². The van der Waals surface area contributed by atoms with Crippen molar-refractivity contribution in [3.05, 3.63) is 12.2 Å². The van der Waals surface area contributed by atoms with Crippen LogP contribution in [0.3, 0.4) is 0 Å². The van der Waals surface area contributed by atoms with E-state index in [1.807, 2.05) is 19.1 Å². The van der Waals surface area contributed by atoms with E-state index in [-0.39, 0.29) is 23.9 Å². The van der Waals surface area contributed by atoms with Crippen molar-refractivity contribution in [2.24, 2.45) is 11.7 Å². The average Bonchev–Trinajstić information content (AvgIpc) is 2.51. The molecule has 0 aromatic heterocycles. The summed E-state index contributed by atoms with van der Waals surface area (Å²) < 4.78 is 0. The van der Waals surface area contributed by atoms with Crippen molar-refractivity contribution in [3.8, 4) is 0 Å². The highest BCUT2D eigenvalue weighted by Gasteiger charge is 2.22. The highest BCUT2D eigenvalue weighted by Crippen LogP contribution is 2.16. The van der Waals surface area contributed by atoms with Crippen LogP contribution in [0, 0.1) is 5.92 Å². The number of hydrogen-bond donors (Lipinski definition) is 2. The third-order valence-corrected chi connectivity index (χ3v) is 2.45. The topological polar surface area (TPSA) is 55.1 Å². The van der Waals surface area contributed by atoms with Crippen molar-refractivity contribution < 1.29 is 4.79 Å². The number of carbonyl (C=O) groups is 1. The van der Waals surface area contributed by atoms with Gasteiger partial charge in [0, 0.05) is 12.1 Å². The Kier molecular flexibility index (Phi) is 3.48. The molecular weight excluding hydrogens is 164 g/mol. The summed E-state index contributed by atoms with van der Waals surface area (Å²) in [5.74, 6) is 0.0996. The van der Waals surface area contributed by atoms with Gasteiger partial charge < -0.3 is 11.1 Å². The minimum Gasteiger partial charge on any atom is -0.353 e. The molecule has 0 aliphatic heterocycles. The van der Waals surface area contributed by atoms with Crippen molar-refractivity contribution >= 4 is 5.91 Å². The zero-order valence-electron chi connectivity index (χ0n) is 8.29. The molecule has 3 heteroatoms. The molecule has 0 aromatic carbocycles. The lowest BCUT2D eigenvalue weighted by atomic mass is 10.1. The van der Waals surface area contributed by atoms with Crippen molar-refractivity contribution in [3.63, 3.8) is 0 Å². The van der Waals surface area contributed by atoms with Gasteiger partial charge in [-0.1, -0.05) is 19.1 Å². The van der Waals surface area contributed by atoms with Gasteiger partial charge in [0.05, 0.1) is 5.92 Å². The molecule has 74 valence electrons. The number of rotatable bonds is 3. The van der Waals surface area contributed by atoms with E-state index < -0.39 is 0 Å². The van der Waals surface area contributed by atoms with Gasteiger partial charge in [-0.2, -0.15) is 0 Å². The summed E-state index contributed by atoms with van der Waals surface area (Å²) in [6, 6.07) is 0.324. The molecule has 1 amide bonds. The Hall–Kier alpha value is -0.830. The molecule has 3 unspecified atom stereocenters. The Labute approximate surface area is 79.4 Å². The molecule has 3 atom stereocenters. The molecule has 0 aromatic rings. The molecule has 1 rings (SSSR count). The zero-order valence-corrected chi connectivity index (χ0v) is 8.29. The molecule has 0 saturated heterocycles. The SMILES string of the molecule is CCC(C)NC(=O)C1C=CC(N)C1. The Morgan fingerprint density at radius 3 is 2.85 bits per heavy atom. The van der Waals surface area contributed by atoms with Crippen molar-refractivity contribution in [1.29, 1.82) is 0 Å². The van der Waals surface area contributed by atoms with Crippen LogP contribution in [-0.2, 0) is 4.79 Å². The minimum absolute atomic E-state index is 0.0102. The Bertz CT molecular complexity index is 213. The fraction of sp³-hybridized carbons (Fsp3) is 0.700. The normalized spacial score (nSPS) is 28.8. The molecule has 0 saturated carbocycles. The fourth-order valence-electron chi connectivity index (χ4n) is 1.37. The summed E-state index contributed by atoms with van der Waals surface area (Å²) in [7, 11) is 0. The lowest BCUT2D eigenvalue weighted by Crippen LogP contribution is -2.36. The predicted molar refractivity (Wildman–Crippen MR) is 53.1 cm³/mol. The summed E-state index contributed by atoms with van der Waals surface area (Å²) in [5, 5.41) is 2.95. The number of carbonyl (C=O) groups excluding carboxylic acids is 1. The van der Waals surface area contributed by atoms with E-state index in [2.05, 4.69) is 12.2 Å². The molecule has 1 aliphatic rings. The molecule has 0 heterocycles. The summed E-state index contributed by atoms with van der Waals surface area (Å²) in [6.45, 7) is 4.07. The second kappa shape index (κ2) is 4.42. The highest BCUT2D eigenvalue weighted by molar-refractivity contribution is 5.81. The number of nitrogens with one attached hydrogen (secondary N) is 1. The van der Waals surface area contributed by atoms with E-state index in [9.17, 15) is 4.79 Å². The van der Waals surface area contributed by atoms with E-state index in [0.29, 0.717) is 0 Å². The van der Waals surface area contributed by atoms with Gasteiger partial charge in [0.2, 0.25) is 5.91 Å². The molecule has 1 aliphatic carbocycles. The first kappa shape index (κ1) is 10.3. The molecule has 3 nitrogen and oxygen atoms in total. The van der Waals surface area contributed by atoms with Crippen LogP contribution >= 0.6 is 0 Å². The van der Waals surface area contributed by atoms with Crippen LogP contribution in [0.1, 0.15) is 26.7 Å². The number of hydrogen-bond acceptors (Lipinski definition) is 2. The second-order valence-electron chi connectivity index (χ2n) is 3.71. The van der Waals surface area contributed by atoms with Gasteiger partial charge in [-0.05, 0) is 19.8 Å². The standard InChI is InChI=1S/C10H18N2O/c1-3-7(2)12-10(13)8-4-5-9(11)6-8/h4-5,7-9H,3,6,11H2,1-2H3,(H,12,13). The van der Waals surface area contributed by atoms with E-state index in [0.717, 1.165) is 12.8 Å². The minimum atomic E-state index is -0.0102. The number of nitrogens with two attached hydrogens (primary N) is 1. The van der Waals surface area contributed by atoms with Crippen LogP contribution in [0.2, 0.25) is 0 Å². The first-order valence-corrected chi connectivity index (χ1v) is 4.87. The van der Waals surface area contributed by atoms with Crippen molar-refractivity contribution in [1.82, 2.24) is 5.32 Å². The smallest absolute Gasteiger partial charge is 0.227 e. The number of amides is 1. The predicted octanol–water partition coefficient (Wildman–Crippen LogP) is 0.804. The summed E-state index contributed by atoms with van der Waals surface area (Å²) in [5.41, 5.74) is 5.66. The van der Waals surface area contributed by atoms with E-state index in [1.165, 1.54) is 0 Å². The van der Waals surface area contributed by atoms with Crippen LogP contribution in [0.5, 0.6) is 0 Å². The van der Waals surface area contributed by atoms with E-state index in [1.54, 1.807) is 0 Å². The quantitative estimate of drug-likeness (QED) is 0.634. The first-order chi connectivity index (χ1) is 6.13. The van der Waals surface area contributed by atoms with E-state index >= 15 is 0 Å². The maximum atomic E-state index is 11.5. The highest BCUT2D eigenvalue weighted by atomic mass is 16.1. The van der Waals surface area contributed by atoms with Gasteiger partial charge in [-0.15, -0.1) is 0 Å². The monoisotopic (exact) mass is 182 g/mol. The lowest BCUT2D eigenvalue weighted by molar-refractivity contribution is -0.124. The molecule has 0 spiro atoms. The molecule has 0 bridgehead atoms. The Morgan fingerprint density at radius 1 is 1.69 bits per heavy atom. The van der Waals surface area contributed by atoms with Gasteiger partial charge in [0.25, 0.3) is 0 Å². The third-order valence-electron chi connectivity index (χ3n) is 2.45. The maximum Gasteiger partial charge on any atom is 0.227 e. The van der Waals surface area contributed by atoms with Crippen LogP contribution in [-0.4, -0.2) is 18.0 Å². The summed E-state index contributed by atoms with van der Waals surface area (Å²) >= 11 is 0. The van der Waals surface area contributed by atoms with Gasteiger partial charge in [-0.3, -0.25) is 4.79 Å². The van der Waals surface area contributed by atoms with Crippen LogP contribution in [0.4, 0.5) is 0 Å².